The Bertz CT molecular complexity index is 256. The summed E-state index contributed by atoms with van der Waals surface area (Å²) in [6.07, 6.45) is 3.47. The zero-order valence-corrected chi connectivity index (χ0v) is 15.0. The predicted molar refractivity (Wildman–Crippen MR) is 86.9 cm³/mol. The highest BCUT2D eigenvalue weighted by Gasteiger charge is 2.41. The van der Waals surface area contributed by atoms with Crippen LogP contribution in [0.4, 0.5) is 0 Å². The minimum absolute atomic E-state index is 0.0694. The molecule has 0 unspecified atom stereocenters. The van der Waals surface area contributed by atoms with Crippen molar-refractivity contribution in [3.63, 3.8) is 0 Å². The van der Waals surface area contributed by atoms with Crippen LogP contribution in [-0.2, 0) is 0 Å². The van der Waals surface area contributed by atoms with Crippen LogP contribution in [0.2, 0.25) is 0 Å². The van der Waals surface area contributed by atoms with Crippen molar-refractivity contribution in [2.45, 2.75) is 78.8 Å². The van der Waals surface area contributed by atoms with Gasteiger partial charge in [-0.05, 0) is 59.9 Å². The first-order valence-corrected chi connectivity index (χ1v) is 7.90. The Morgan fingerprint density at radius 3 is 1.60 bits per heavy atom. The number of nitrogens with zero attached hydrogens (tertiary/aromatic N) is 1. The average Bonchev–Trinajstić information content (AvgIpc) is 2.35. The van der Waals surface area contributed by atoms with Crippen LogP contribution >= 0.6 is 0 Å². The Morgan fingerprint density at radius 2 is 1.40 bits per heavy atom. The Kier molecular flexibility index (Phi) is 7.19. The predicted octanol–water partition coefficient (Wildman–Crippen LogP) is 3.29. The maximum atomic E-state index is 8.63. The molecule has 3 nitrogen and oxygen atoms in total. The van der Waals surface area contributed by atoms with Gasteiger partial charge < -0.3 is 10.2 Å². The van der Waals surface area contributed by atoms with Crippen molar-refractivity contribution in [3.8, 4) is 0 Å². The van der Waals surface area contributed by atoms with Crippen molar-refractivity contribution in [1.82, 2.24) is 4.90 Å². The molecule has 0 amide bonds. The number of aliphatic hydroxyl groups excluding tert-OH is 2. The molecule has 1 rings (SSSR count). The molecule has 1 saturated heterocycles. The number of hydrogen-bond donors (Lipinski definition) is 2. The number of piperidine rings is 1. The topological polar surface area (TPSA) is 43.7 Å². The monoisotopic (exact) mass is 287 g/mol. The molecule has 0 radical (unpaired) electrons. The fourth-order valence-electron chi connectivity index (χ4n) is 3.14. The van der Waals surface area contributed by atoms with Gasteiger partial charge in [0, 0.05) is 16.5 Å². The van der Waals surface area contributed by atoms with Crippen molar-refractivity contribution in [1.29, 1.82) is 0 Å². The molecule has 0 aliphatic carbocycles. The molecule has 1 heterocycles. The molecule has 0 aromatic carbocycles. The summed E-state index contributed by atoms with van der Waals surface area (Å²) in [5.74, 6) is 0.867. The largest absolute Gasteiger partial charge is 0.396 e. The van der Waals surface area contributed by atoms with Gasteiger partial charge in [-0.15, -0.1) is 0 Å². The Labute approximate surface area is 126 Å². The van der Waals surface area contributed by atoms with Crippen molar-refractivity contribution >= 4 is 0 Å². The van der Waals surface area contributed by atoms with E-state index in [0.717, 1.165) is 12.3 Å². The van der Waals surface area contributed by atoms with Crippen LogP contribution in [0.1, 0.15) is 67.7 Å². The maximum absolute atomic E-state index is 8.63. The van der Waals surface area contributed by atoms with Crippen LogP contribution in [0.5, 0.6) is 0 Å². The van der Waals surface area contributed by atoms with Crippen molar-refractivity contribution < 1.29 is 10.2 Å². The molecule has 0 bridgehead atoms. The van der Waals surface area contributed by atoms with E-state index < -0.39 is 0 Å². The molecule has 122 valence electrons. The lowest BCUT2D eigenvalue weighted by Gasteiger charge is -2.53. The first-order chi connectivity index (χ1) is 8.94. The molecule has 0 aromatic heterocycles. The lowest BCUT2D eigenvalue weighted by Crippen LogP contribution is -2.58. The molecule has 20 heavy (non-hydrogen) atoms. The highest BCUT2D eigenvalue weighted by atomic mass is 16.3. The van der Waals surface area contributed by atoms with Crippen LogP contribution in [0.3, 0.4) is 0 Å². The maximum Gasteiger partial charge on any atom is 0.0506 e. The Hall–Kier alpha value is -0.120. The van der Waals surface area contributed by atoms with E-state index in [1.807, 2.05) is 13.8 Å². The van der Waals surface area contributed by atoms with E-state index in [1.165, 1.54) is 12.8 Å². The van der Waals surface area contributed by atoms with Crippen molar-refractivity contribution in [3.05, 3.63) is 0 Å². The number of aliphatic hydroxyl groups is 2. The second-order valence-electron chi connectivity index (χ2n) is 8.18. The van der Waals surface area contributed by atoms with Gasteiger partial charge in [0.1, 0.15) is 0 Å². The second-order valence-corrected chi connectivity index (χ2v) is 8.18. The lowest BCUT2D eigenvalue weighted by molar-refractivity contribution is -0.0255. The number of likely N-dealkylation sites (tertiary alicyclic amines) is 1. The quantitative estimate of drug-likeness (QED) is 0.837. The van der Waals surface area contributed by atoms with Gasteiger partial charge in [0.25, 0.3) is 0 Å². The van der Waals surface area contributed by atoms with Gasteiger partial charge in [-0.1, -0.05) is 20.8 Å². The van der Waals surface area contributed by atoms with Gasteiger partial charge in [-0.2, -0.15) is 0 Å². The smallest absolute Gasteiger partial charge is 0.0506 e. The van der Waals surface area contributed by atoms with E-state index in [1.54, 1.807) is 0 Å². The van der Waals surface area contributed by atoms with Crippen molar-refractivity contribution in [2.24, 2.45) is 11.3 Å². The normalized spacial score (nSPS) is 23.1. The number of hydrogen-bond acceptors (Lipinski definition) is 3. The van der Waals surface area contributed by atoms with Crippen LogP contribution in [0.15, 0.2) is 0 Å². The minimum Gasteiger partial charge on any atom is -0.396 e. The third-order valence-electron chi connectivity index (χ3n) is 5.13. The standard InChI is InChI=1S/C11H23N.C6H14O2/c1-9-7-10(2,3)12(6)11(4,5)8-9;1-3-6(2,4-7)5-8/h9H,7-8H2,1-6H3;7-8H,3-5H2,1-2H3. The molecule has 1 fully saturated rings. The van der Waals surface area contributed by atoms with Gasteiger partial charge >= 0.3 is 0 Å². The Morgan fingerprint density at radius 1 is 1.05 bits per heavy atom. The molecule has 1 aliphatic rings. The molecule has 2 N–H and O–H groups in total. The lowest BCUT2D eigenvalue weighted by atomic mass is 9.75. The summed E-state index contributed by atoms with van der Waals surface area (Å²) in [6.45, 7) is 15.7. The molecule has 3 heteroatoms. The van der Waals surface area contributed by atoms with Crippen LogP contribution in [-0.4, -0.2) is 46.5 Å². The molecule has 0 spiro atoms. The zero-order chi connectivity index (χ0) is 16.2. The molecule has 0 saturated carbocycles. The van der Waals surface area contributed by atoms with Crippen LogP contribution in [0.25, 0.3) is 0 Å². The summed E-state index contributed by atoms with van der Waals surface area (Å²) in [5.41, 5.74) is 0.488. The molecule has 0 atom stereocenters. The molecular weight excluding hydrogens is 250 g/mol. The fraction of sp³-hybridized carbons (Fsp3) is 1.00. The first-order valence-electron chi connectivity index (χ1n) is 7.90. The summed E-state index contributed by atoms with van der Waals surface area (Å²) in [7, 11) is 2.26. The third-order valence-corrected chi connectivity index (χ3v) is 5.13. The van der Waals surface area contributed by atoms with E-state index in [2.05, 4.69) is 46.6 Å². The van der Waals surface area contributed by atoms with E-state index in [9.17, 15) is 0 Å². The summed E-state index contributed by atoms with van der Waals surface area (Å²) in [4.78, 5) is 2.53. The van der Waals surface area contributed by atoms with E-state index in [-0.39, 0.29) is 18.6 Å². The number of rotatable bonds is 3. The highest BCUT2D eigenvalue weighted by Crippen LogP contribution is 2.39. The summed E-state index contributed by atoms with van der Waals surface area (Å²) < 4.78 is 0. The summed E-state index contributed by atoms with van der Waals surface area (Å²) >= 11 is 0. The van der Waals surface area contributed by atoms with Gasteiger partial charge in [0.05, 0.1) is 13.2 Å². The van der Waals surface area contributed by atoms with Gasteiger partial charge in [0.2, 0.25) is 0 Å². The summed E-state index contributed by atoms with van der Waals surface area (Å²) in [5, 5.41) is 17.3. The average molecular weight is 287 g/mol. The fourth-order valence-corrected chi connectivity index (χ4v) is 3.14. The zero-order valence-electron chi connectivity index (χ0n) is 15.0. The van der Waals surface area contributed by atoms with Gasteiger partial charge in [-0.25, -0.2) is 0 Å². The van der Waals surface area contributed by atoms with Gasteiger partial charge in [0.15, 0.2) is 0 Å². The highest BCUT2D eigenvalue weighted by molar-refractivity contribution is 4.97. The first kappa shape index (κ1) is 19.9. The van der Waals surface area contributed by atoms with E-state index in [0.29, 0.717) is 11.1 Å². The van der Waals surface area contributed by atoms with Gasteiger partial charge in [-0.3, -0.25) is 4.90 Å². The Balaban J connectivity index is 0.000000396. The molecule has 0 aromatic rings. The van der Waals surface area contributed by atoms with E-state index in [4.69, 9.17) is 10.2 Å². The minimum atomic E-state index is -0.264. The van der Waals surface area contributed by atoms with E-state index >= 15 is 0 Å². The van der Waals surface area contributed by atoms with Crippen LogP contribution in [0, 0.1) is 11.3 Å². The SMILES string of the molecule is CC1CC(C)(C)N(C)C(C)(C)C1.CCC(C)(CO)CO. The molecular formula is C17H37NO2. The third kappa shape index (κ3) is 5.34. The second kappa shape index (κ2) is 7.24. The van der Waals surface area contributed by atoms with Crippen LogP contribution < -0.4 is 0 Å². The molecule has 1 aliphatic heterocycles. The van der Waals surface area contributed by atoms with Crippen molar-refractivity contribution in [2.75, 3.05) is 20.3 Å². The summed E-state index contributed by atoms with van der Waals surface area (Å²) in [6, 6.07) is 0.